The zero-order valence-electron chi connectivity index (χ0n) is 12.4. The molecule has 0 heterocycles. The molecule has 0 aromatic heterocycles. The van der Waals surface area contributed by atoms with Gasteiger partial charge in [0.1, 0.15) is 0 Å². The second-order valence-corrected chi connectivity index (χ2v) is 7.21. The lowest BCUT2D eigenvalue weighted by Gasteiger charge is -2.45. The fourth-order valence-corrected chi connectivity index (χ4v) is 4.50. The highest BCUT2D eigenvalue weighted by Crippen LogP contribution is 2.58. The molecule has 1 aromatic rings. The maximum atomic E-state index is 10.6. The smallest absolute Gasteiger partial charge is 0.0614 e. The van der Waals surface area contributed by atoms with Crippen molar-refractivity contribution in [3.05, 3.63) is 35.4 Å². The number of hydrogen-bond donors (Lipinski definition) is 1. The Balaban J connectivity index is 1.84. The van der Waals surface area contributed by atoms with Crippen molar-refractivity contribution in [3.63, 3.8) is 0 Å². The van der Waals surface area contributed by atoms with E-state index in [0.717, 1.165) is 18.3 Å². The van der Waals surface area contributed by atoms with E-state index in [1.165, 1.54) is 30.4 Å². The molecule has 5 atom stereocenters. The molecule has 19 heavy (non-hydrogen) atoms. The van der Waals surface area contributed by atoms with Crippen LogP contribution in [0.3, 0.4) is 0 Å². The molecule has 1 nitrogen and oxygen atoms in total. The van der Waals surface area contributed by atoms with Crippen LogP contribution in [-0.2, 0) is 0 Å². The number of rotatable bonds is 1. The van der Waals surface area contributed by atoms with Crippen molar-refractivity contribution in [2.24, 2.45) is 17.3 Å². The summed E-state index contributed by atoms with van der Waals surface area (Å²) in [5.74, 6) is 1.92. The SMILES string of the molecule is Cc1ccc(C2CC3CCC(C)C3(C)CC2O)cc1. The molecule has 1 heteroatoms. The molecule has 2 aliphatic carbocycles. The van der Waals surface area contributed by atoms with E-state index in [9.17, 15) is 5.11 Å². The highest BCUT2D eigenvalue weighted by atomic mass is 16.3. The van der Waals surface area contributed by atoms with Gasteiger partial charge in [0.25, 0.3) is 0 Å². The zero-order chi connectivity index (χ0) is 13.6. The molecule has 3 rings (SSSR count). The van der Waals surface area contributed by atoms with Crippen molar-refractivity contribution < 1.29 is 5.11 Å². The first-order valence-electron chi connectivity index (χ1n) is 7.75. The number of aliphatic hydroxyl groups is 1. The van der Waals surface area contributed by atoms with Crippen LogP contribution in [0.5, 0.6) is 0 Å². The summed E-state index contributed by atoms with van der Waals surface area (Å²) < 4.78 is 0. The quantitative estimate of drug-likeness (QED) is 0.797. The van der Waals surface area contributed by atoms with E-state index in [0.29, 0.717) is 11.3 Å². The first-order chi connectivity index (χ1) is 9.00. The summed E-state index contributed by atoms with van der Waals surface area (Å²) >= 11 is 0. The molecule has 0 saturated heterocycles. The van der Waals surface area contributed by atoms with Gasteiger partial charge in [-0.15, -0.1) is 0 Å². The first kappa shape index (κ1) is 13.2. The maximum absolute atomic E-state index is 10.6. The Morgan fingerprint density at radius 3 is 2.53 bits per heavy atom. The number of fused-ring (bicyclic) bond motifs is 1. The second kappa shape index (κ2) is 4.63. The summed E-state index contributed by atoms with van der Waals surface area (Å²) in [5, 5.41) is 10.6. The Morgan fingerprint density at radius 1 is 1.16 bits per heavy atom. The van der Waals surface area contributed by atoms with E-state index in [4.69, 9.17) is 0 Å². The van der Waals surface area contributed by atoms with E-state index in [1.807, 2.05) is 0 Å². The van der Waals surface area contributed by atoms with Crippen LogP contribution in [0, 0.1) is 24.2 Å². The van der Waals surface area contributed by atoms with Crippen molar-refractivity contribution in [1.29, 1.82) is 0 Å². The van der Waals surface area contributed by atoms with Crippen molar-refractivity contribution in [3.8, 4) is 0 Å². The monoisotopic (exact) mass is 258 g/mol. The fraction of sp³-hybridized carbons (Fsp3) is 0.667. The van der Waals surface area contributed by atoms with Crippen molar-refractivity contribution >= 4 is 0 Å². The van der Waals surface area contributed by atoms with Gasteiger partial charge in [-0.05, 0) is 55.4 Å². The number of aryl methyl sites for hydroxylation is 1. The van der Waals surface area contributed by atoms with Crippen molar-refractivity contribution in [2.45, 2.75) is 58.5 Å². The van der Waals surface area contributed by atoms with E-state index in [-0.39, 0.29) is 6.10 Å². The normalized spacial score (nSPS) is 42.1. The Morgan fingerprint density at radius 2 is 1.84 bits per heavy atom. The second-order valence-electron chi connectivity index (χ2n) is 7.21. The van der Waals surface area contributed by atoms with Crippen LogP contribution in [0.25, 0.3) is 0 Å². The van der Waals surface area contributed by atoms with Gasteiger partial charge < -0.3 is 5.11 Å². The summed E-state index contributed by atoms with van der Waals surface area (Å²) in [7, 11) is 0. The minimum Gasteiger partial charge on any atom is -0.392 e. The molecular weight excluding hydrogens is 232 g/mol. The van der Waals surface area contributed by atoms with Gasteiger partial charge in [0, 0.05) is 5.92 Å². The van der Waals surface area contributed by atoms with Gasteiger partial charge in [0.05, 0.1) is 6.10 Å². The molecule has 0 radical (unpaired) electrons. The number of benzene rings is 1. The molecule has 0 spiro atoms. The van der Waals surface area contributed by atoms with Gasteiger partial charge in [0.2, 0.25) is 0 Å². The maximum Gasteiger partial charge on any atom is 0.0614 e. The molecule has 104 valence electrons. The first-order valence-corrected chi connectivity index (χ1v) is 7.75. The number of aliphatic hydroxyl groups excluding tert-OH is 1. The Labute approximate surface area is 117 Å². The summed E-state index contributed by atoms with van der Waals surface area (Å²) in [4.78, 5) is 0. The molecule has 2 saturated carbocycles. The van der Waals surface area contributed by atoms with Crippen molar-refractivity contribution in [1.82, 2.24) is 0 Å². The topological polar surface area (TPSA) is 20.2 Å². The lowest BCUT2D eigenvalue weighted by Crippen LogP contribution is -2.40. The van der Waals surface area contributed by atoms with Gasteiger partial charge in [-0.3, -0.25) is 0 Å². The minimum absolute atomic E-state index is 0.162. The van der Waals surface area contributed by atoms with E-state index in [1.54, 1.807) is 0 Å². The van der Waals surface area contributed by atoms with Crippen LogP contribution >= 0.6 is 0 Å². The summed E-state index contributed by atoms with van der Waals surface area (Å²) in [6.45, 7) is 6.90. The van der Waals surface area contributed by atoms with Crippen LogP contribution in [0.4, 0.5) is 0 Å². The lowest BCUT2D eigenvalue weighted by molar-refractivity contribution is -0.00787. The number of hydrogen-bond acceptors (Lipinski definition) is 1. The summed E-state index contributed by atoms with van der Waals surface area (Å²) in [5.41, 5.74) is 3.01. The third-order valence-electron chi connectivity index (χ3n) is 6.16. The van der Waals surface area contributed by atoms with E-state index in [2.05, 4.69) is 45.0 Å². The van der Waals surface area contributed by atoms with Gasteiger partial charge in [0.15, 0.2) is 0 Å². The summed E-state index contributed by atoms with van der Waals surface area (Å²) in [6.07, 6.45) is 4.69. The molecule has 0 aliphatic heterocycles. The standard InChI is InChI=1S/C18H26O/c1-12-4-7-14(8-5-12)16-10-15-9-6-13(2)18(15,3)11-17(16)19/h4-5,7-8,13,15-17,19H,6,9-11H2,1-3H3. The average molecular weight is 258 g/mol. The molecule has 2 aliphatic rings. The van der Waals surface area contributed by atoms with Crippen LogP contribution < -0.4 is 0 Å². The molecule has 1 N–H and O–H groups in total. The predicted octanol–water partition coefficient (Wildman–Crippen LogP) is 4.29. The largest absolute Gasteiger partial charge is 0.392 e. The van der Waals surface area contributed by atoms with Gasteiger partial charge in [-0.2, -0.15) is 0 Å². The third-order valence-corrected chi connectivity index (χ3v) is 6.16. The summed E-state index contributed by atoms with van der Waals surface area (Å²) in [6, 6.07) is 8.77. The third kappa shape index (κ3) is 2.12. The Bertz CT molecular complexity index is 449. The Kier molecular flexibility index (Phi) is 3.21. The van der Waals surface area contributed by atoms with Gasteiger partial charge in [-0.25, -0.2) is 0 Å². The van der Waals surface area contributed by atoms with E-state index >= 15 is 0 Å². The van der Waals surface area contributed by atoms with Gasteiger partial charge >= 0.3 is 0 Å². The predicted molar refractivity (Wildman–Crippen MR) is 79.2 cm³/mol. The Hall–Kier alpha value is -0.820. The molecular formula is C18H26O. The molecule has 2 fully saturated rings. The lowest BCUT2D eigenvalue weighted by atomic mass is 9.61. The zero-order valence-corrected chi connectivity index (χ0v) is 12.4. The average Bonchev–Trinajstić information content (AvgIpc) is 2.65. The molecule has 0 bridgehead atoms. The van der Waals surface area contributed by atoms with Crippen molar-refractivity contribution in [2.75, 3.05) is 0 Å². The van der Waals surface area contributed by atoms with Crippen LogP contribution in [0.2, 0.25) is 0 Å². The molecule has 1 aromatic carbocycles. The van der Waals surface area contributed by atoms with Crippen LogP contribution in [0.15, 0.2) is 24.3 Å². The van der Waals surface area contributed by atoms with Crippen LogP contribution in [-0.4, -0.2) is 11.2 Å². The fourth-order valence-electron chi connectivity index (χ4n) is 4.50. The van der Waals surface area contributed by atoms with E-state index < -0.39 is 0 Å². The minimum atomic E-state index is -0.162. The molecule has 0 amide bonds. The van der Waals surface area contributed by atoms with Crippen LogP contribution in [0.1, 0.15) is 56.6 Å². The highest BCUT2D eigenvalue weighted by Gasteiger charge is 2.50. The molecule has 5 unspecified atom stereocenters. The highest BCUT2D eigenvalue weighted by molar-refractivity contribution is 5.26. The van der Waals surface area contributed by atoms with Gasteiger partial charge in [-0.1, -0.05) is 43.7 Å².